The van der Waals surface area contributed by atoms with Crippen LogP contribution >= 0.6 is 11.3 Å². The van der Waals surface area contributed by atoms with Crippen molar-refractivity contribution < 1.29 is 14.3 Å². The number of aromatic nitrogens is 1. The maximum absolute atomic E-state index is 13.0. The van der Waals surface area contributed by atoms with Crippen molar-refractivity contribution in [1.82, 2.24) is 15.2 Å². The van der Waals surface area contributed by atoms with E-state index in [1.807, 2.05) is 34.6 Å². The minimum atomic E-state index is -0.573. The fourth-order valence-corrected chi connectivity index (χ4v) is 4.17. The fraction of sp³-hybridized carbons (Fsp3) is 0.750. The number of hydrogen-bond acceptors (Lipinski definition) is 5. The van der Waals surface area contributed by atoms with Crippen molar-refractivity contribution in [3.05, 3.63) is 15.6 Å². The first-order chi connectivity index (χ1) is 12.5. The van der Waals surface area contributed by atoms with Crippen molar-refractivity contribution in [2.24, 2.45) is 5.92 Å². The van der Waals surface area contributed by atoms with E-state index in [1.54, 1.807) is 16.2 Å². The largest absolute Gasteiger partial charge is 0.444 e. The van der Waals surface area contributed by atoms with Crippen LogP contribution in [0.15, 0.2) is 0 Å². The first kappa shape index (κ1) is 21.7. The third-order valence-corrected chi connectivity index (χ3v) is 5.74. The standard InChI is InChI=1S/C20H33N3O3S/c1-12(2)11-15(18-21-13(3)14(4)27-18)22-17(24)16-9-8-10-23(16)19(25)26-20(5,6)7/h12,15-16H,8-11H2,1-7H3,(H,22,24). The molecule has 1 N–H and O–H groups in total. The molecule has 0 bridgehead atoms. The molecular formula is C20H33N3O3S. The highest BCUT2D eigenvalue weighted by molar-refractivity contribution is 7.11. The summed E-state index contributed by atoms with van der Waals surface area (Å²) in [6.07, 6.45) is 1.87. The molecule has 2 amide bonds. The highest BCUT2D eigenvalue weighted by atomic mass is 32.1. The van der Waals surface area contributed by atoms with Gasteiger partial charge in [0, 0.05) is 11.4 Å². The van der Waals surface area contributed by atoms with Crippen LogP contribution in [0.1, 0.15) is 75.5 Å². The number of ether oxygens (including phenoxy) is 1. The summed E-state index contributed by atoms with van der Waals surface area (Å²) < 4.78 is 5.47. The lowest BCUT2D eigenvalue weighted by Gasteiger charge is -2.29. The van der Waals surface area contributed by atoms with E-state index < -0.39 is 17.7 Å². The van der Waals surface area contributed by atoms with Crippen LogP contribution in [0.2, 0.25) is 0 Å². The van der Waals surface area contributed by atoms with Crippen molar-refractivity contribution >= 4 is 23.3 Å². The van der Waals surface area contributed by atoms with Crippen molar-refractivity contribution in [2.75, 3.05) is 6.54 Å². The molecule has 2 rings (SSSR count). The Morgan fingerprint density at radius 2 is 2.00 bits per heavy atom. The highest BCUT2D eigenvalue weighted by Crippen LogP contribution is 2.29. The molecule has 0 aromatic carbocycles. The van der Waals surface area contributed by atoms with Gasteiger partial charge >= 0.3 is 6.09 Å². The van der Waals surface area contributed by atoms with Crippen molar-refractivity contribution in [3.8, 4) is 0 Å². The van der Waals surface area contributed by atoms with Crippen LogP contribution in [0.25, 0.3) is 0 Å². The Labute approximate surface area is 166 Å². The van der Waals surface area contributed by atoms with Gasteiger partial charge in [0.1, 0.15) is 16.7 Å². The summed E-state index contributed by atoms with van der Waals surface area (Å²) in [4.78, 5) is 32.8. The summed E-state index contributed by atoms with van der Waals surface area (Å²) in [5, 5.41) is 4.09. The Morgan fingerprint density at radius 3 is 2.52 bits per heavy atom. The van der Waals surface area contributed by atoms with Crippen LogP contribution < -0.4 is 5.32 Å². The molecule has 2 heterocycles. The second kappa shape index (κ2) is 8.59. The molecule has 1 aliphatic rings. The lowest BCUT2D eigenvalue weighted by atomic mass is 10.0. The van der Waals surface area contributed by atoms with Crippen LogP contribution in [0.4, 0.5) is 4.79 Å². The van der Waals surface area contributed by atoms with Crippen LogP contribution in [-0.4, -0.2) is 40.1 Å². The van der Waals surface area contributed by atoms with Gasteiger partial charge in [-0.3, -0.25) is 9.69 Å². The van der Waals surface area contributed by atoms with Gasteiger partial charge in [0.2, 0.25) is 5.91 Å². The molecule has 1 aliphatic heterocycles. The lowest BCUT2D eigenvalue weighted by molar-refractivity contribution is -0.126. The van der Waals surface area contributed by atoms with Crippen molar-refractivity contribution in [3.63, 3.8) is 0 Å². The Morgan fingerprint density at radius 1 is 1.33 bits per heavy atom. The molecule has 1 saturated heterocycles. The SMILES string of the molecule is Cc1nc(C(CC(C)C)NC(=O)C2CCCN2C(=O)OC(C)(C)C)sc1C. The predicted molar refractivity (Wildman–Crippen MR) is 108 cm³/mol. The number of hydrogen-bond donors (Lipinski definition) is 1. The van der Waals surface area contributed by atoms with Gasteiger partial charge in [0.25, 0.3) is 0 Å². The predicted octanol–water partition coefficient (Wildman–Crippen LogP) is 4.36. The van der Waals surface area contributed by atoms with E-state index >= 15 is 0 Å². The summed E-state index contributed by atoms with van der Waals surface area (Å²) in [6.45, 7) is 14.4. The minimum absolute atomic E-state index is 0.116. The number of likely N-dealkylation sites (tertiary alicyclic amines) is 1. The third kappa shape index (κ3) is 5.92. The van der Waals surface area contributed by atoms with Crippen molar-refractivity contribution in [1.29, 1.82) is 0 Å². The number of carbonyl (C=O) groups excluding carboxylic acids is 2. The Hall–Kier alpha value is -1.63. The number of aryl methyl sites for hydroxylation is 2. The number of nitrogens with one attached hydrogen (secondary N) is 1. The maximum Gasteiger partial charge on any atom is 0.410 e. The minimum Gasteiger partial charge on any atom is -0.444 e. The van der Waals surface area contributed by atoms with E-state index in [2.05, 4.69) is 24.1 Å². The van der Waals surface area contributed by atoms with Crippen molar-refractivity contribution in [2.45, 2.75) is 85.4 Å². The normalized spacial score (nSPS) is 18.7. The zero-order valence-corrected chi connectivity index (χ0v) is 18.4. The molecule has 152 valence electrons. The van der Waals surface area contributed by atoms with Gasteiger partial charge < -0.3 is 10.1 Å². The number of nitrogens with zero attached hydrogens (tertiary/aromatic N) is 2. The van der Waals surface area contributed by atoms with Gasteiger partial charge in [0.05, 0.1) is 11.7 Å². The Balaban J connectivity index is 2.12. The average Bonchev–Trinajstić information content (AvgIpc) is 3.12. The van der Waals surface area contributed by atoms with E-state index in [0.717, 1.165) is 23.5 Å². The van der Waals surface area contributed by atoms with Crippen LogP contribution in [0.3, 0.4) is 0 Å². The van der Waals surface area contributed by atoms with E-state index in [9.17, 15) is 9.59 Å². The molecule has 0 radical (unpaired) electrons. The number of amides is 2. The molecule has 2 atom stereocenters. The number of carbonyl (C=O) groups is 2. The summed E-state index contributed by atoms with van der Waals surface area (Å²) in [7, 11) is 0. The van der Waals surface area contributed by atoms with Gasteiger partial charge in [-0.25, -0.2) is 9.78 Å². The average molecular weight is 396 g/mol. The first-order valence-electron chi connectivity index (χ1n) is 9.72. The van der Waals surface area contributed by atoms with E-state index in [4.69, 9.17) is 4.74 Å². The first-order valence-corrected chi connectivity index (χ1v) is 10.5. The molecular weight excluding hydrogens is 362 g/mol. The van der Waals surface area contributed by atoms with E-state index in [1.165, 1.54) is 4.88 Å². The van der Waals surface area contributed by atoms with Crippen LogP contribution in [0.5, 0.6) is 0 Å². The monoisotopic (exact) mass is 395 g/mol. The lowest BCUT2D eigenvalue weighted by Crippen LogP contribution is -2.48. The third-order valence-electron chi connectivity index (χ3n) is 4.55. The molecule has 2 unspecified atom stereocenters. The molecule has 0 spiro atoms. The smallest absolute Gasteiger partial charge is 0.410 e. The summed E-state index contributed by atoms with van der Waals surface area (Å²) in [6, 6.07) is -0.604. The molecule has 27 heavy (non-hydrogen) atoms. The summed E-state index contributed by atoms with van der Waals surface area (Å²) in [5.41, 5.74) is 0.436. The summed E-state index contributed by atoms with van der Waals surface area (Å²) in [5.74, 6) is 0.305. The maximum atomic E-state index is 13.0. The van der Waals surface area contributed by atoms with Gasteiger partial charge in [-0.2, -0.15) is 0 Å². The molecule has 1 aromatic rings. The molecule has 6 nitrogen and oxygen atoms in total. The second-order valence-electron chi connectivity index (χ2n) is 8.72. The fourth-order valence-electron chi connectivity index (χ4n) is 3.19. The van der Waals surface area contributed by atoms with E-state index in [-0.39, 0.29) is 11.9 Å². The number of thiazole rings is 1. The van der Waals surface area contributed by atoms with Gasteiger partial charge in [0.15, 0.2) is 0 Å². The second-order valence-corrected chi connectivity index (χ2v) is 9.95. The van der Waals surface area contributed by atoms with Crippen LogP contribution in [-0.2, 0) is 9.53 Å². The number of rotatable bonds is 5. The van der Waals surface area contributed by atoms with Gasteiger partial charge in [-0.05, 0) is 59.8 Å². The van der Waals surface area contributed by atoms with E-state index in [0.29, 0.717) is 18.9 Å². The van der Waals surface area contributed by atoms with Crippen LogP contribution in [0, 0.1) is 19.8 Å². The molecule has 1 aromatic heterocycles. The molecule has 0 saturated carbocycles. The zero-order chi connectivity index (χ0) is 20.4. The Bertz CT molecular complexity index is 659. The Kier molecular flexibility index (Phi) is 6.89. The zero-order valence-electron chi connectivity index (χ0n) is 17.6. The molecule has 7 heteroatoms. The topological polar surface area (TPSA) is 71.5 Å². The highest BCUT2D eigenvalue weighted by Gasteiger charge is 2.37. The molecule has 0 aliphatic carbocycles. The molecule has 1 fully saturated rings. The van der Waals surface area contributed by atoms with Gasteiger partial charge in [-0.1, -0.05) is 13.8 Å². The quantitative estimate of drug-likeness (QED) is 0.804. The van der Waals surface area contributed by atoms with Gasteiger partial charge in [-0.15, -0.1) is 11.3 Å². The summed E-state index contributed by atoms with van der Waals surface area (Å²) >= 11 is 1.63.